The van der Waals surface area contributed by atoms with Crippen LogP contribution in [0.2, 0.25) is 0 Å². The van der Waals surface area contributed by atoms with Gasteiger partial charge in [-0.1, -0.05) is 19.8 Å². The molecule has 1 heterocycles. The lowest BCUT2D eigenvalue weighted by molar-refractivity contribution is 0.0999. The summed E-state index contributed by atoms with van der Waals surface area (Å²) in [6.07, 6.45) is 6.39. The van der Waals surface area contributed by atoms with E-state index in [1.54, 1.807) is 6.07 Å². The van der Waals surface area contributed by atoms with Gasteiger partial charge in [0.1, 0.15) is 5.75 Å². The first kappa shape index (κ1) is 14.0. The normalized spacial score (nSPS) is 19.0. The van der Waals surface area contributed by atoms with Crippen molar-refractivity contribution in [3.63, 3.8) is 0 Å². The summed E-state index contributed by atoms with van der Waals surface area (Å²) in [6, 6.07) is 3.24. The van der Waals surface area contributed by atoms with Crippen molar-refractivity contribution in [3.05, 3.63) is 39.3 Å². The minimum Gasteiger partial charge on any atom is -0.489 e. The number of azide groups is 1. The molecular formula is C15H15N3O2. The fraction of sp³-hybridized carbons (Fsp3) is 0.400. The number of benzene rings is 1. The summed E-state index contributed by atoms with van der Waals surface area (Å²) in [7, 11) is 0. The Morgan fingerprint density at radius 3 is 2.90 bits per heavy atom. The molecule has 0 saturated heterocycles. The Morgan fingerprint density at radius 1 is 1.60 bits per heavy atom. The minimum atomic E-state index is -0.638. The first-order valence-corrected chi connectivity index (χ1v) is 6.30. The van der Waals surface area contributed by atoms with Crippen LogP contribution in [0.1, 0.15) is 48.7 Å². The van der Waals surface area contributed by atoms with E-state index in [0.29, 0.717) is 16.9 Å². The number of hydrogen-bond donors (Lipinski definition) is 0. The fourth-order valence-electron chi connectivity index (χ4n) is 2.66. The maximum absolute atomic E-state index is 11.7. The van der Waals surface area contributed by atoms with Crippen molar-refractivity contribution in [2.24, 2.45) is 5.11 Å². The number of nitrogens with zero attached hydrogens (tertiary/aromatic N) is 3. The largest absolute Gasteiger partial charge is 0.489 e. The first-order valence-electron chi connectivity index (χ1n) is 6.30. The molecule has 2 rings (SSSR count). The smallest absolute Gasteiger partial charge is 0.249 e. The molecule has 102 valence electrons. The maximum Gasteiger partial charge on any atom is 0.249 e. The molecule has 5 heteroatoms. The average molecular weight is 269 g/mol. The van der Waals surface area contributed by atoms with Gasteiger partial charge in [-0.15, -0.1) is 6.42 Å². The zero-order valence-electron chi connectivity index (χ0n) is 11.7. The summed E-state index contributed by atoms with van der Waals surface area (Å²) in [5.74, 6) is 2.55. The lowest BCUT2D eigenvalue weighted by Crippen LogP contribution is -2.33. The van der Waals surface area contributed by atoms with Crippen LogP contribution in [-0.2, 0) is 5.41 Å². The highest BCUT2D eigenvalue weighted by Crippen LogP contribution is 2.43. The van der Waals surface area contributed by atoms with E-state index in [-0.39, 0.29) is 11.5 Å². The number of hydrogen-bond acceptors (Lipinski definition) is 2. The second-order valence-electron chi connectivity index (χ2n) is 5.56. The molecule has 20 heavy (non-hydrogen) atoms. The number of terminal acetylenes is 1. The molecule has 1 aliphatic rings. The monoisotopic (exact) mass is 269 g/mol. The molecule has 0 fully saturated rings. The third-order valence-corrected chi connectivity index (χ3v) is 3.47. The predicted molar refractivity (Wildman–Crippen MR) is 75.6 cm³/mol. The van der Waals surface area contributed by atoms with Crippen LogP contribution in [0, 0.1) is 12.3 Å². The van der Waals surface area contributed by atoms with Crippen molar-refractivity contribution in [3.8, 4) is 18.1 Å². The highest BCUT2D eigenvalue weighted by molar-refractivity contribution is 5.96. The highest BCUT2D eigenvalue weighted by Gasteiger charge is 2.34. The Morgan fingerprint density at radius 2 is 2.30 bits per heavy atom. The van der Waals surface area contributed by atoms with Gasteiger partial charge in [-0.05, 0) is 41.5 Å². The summed E-state index contributed by atoms with van der Waals surface area (Å²) in [5.41, 5.74) is 9.89. The van der Waals surface area contributed by atoms with Crippen LogP contribution >= 0.6 is 0 Å². The van der Waals surface area contributed by atoms with Crippen LogP contribution in [0.3, 0.4) is 0 Å². The molecular weight excluding hydrogens is 254 g/mol. The highest BCUT2D eigenvalue weighted by atomic mass is 16.5. The number of amides is 1. The molecule has 1 aliphatic heterocycles. The second-order valence-corrected chi connectivity index (χ2v) is 5.56. The number of ether oxygens (including phenoxy) is 1. The van der Waals surface area contributed by atoms with E-state index < -0.39 is 5.91 Å². The van der Waals surface area contributed by atoms with Crippen molar-refractivity contribution in [1.82, 2.24) is 0 Å². The van der Waals surface area contributed by atoms with E-state index in [9.17, 15) is 4.79 Å². The first-order chi connectivity index (χ1) is 9.39. The second kappa shape index (κ2) is 4.92. The van der Waals surface area contributed by atoms with Crippen molar-refractivity contribution >= 4 is 5.91 Å². The summed E-state index contributed by atoms with van der Waals surface area (Å²) in [5, 5.41) is 3.11. The van der Waals surface area contributed by atoms with Gasteiger partial charge in [0.05, 0.1) is 11.7 Å². The molecule has 5 nitrogen and oxygen atoms in total. The summed E-state index contributed by atoms with van der Waals surface area (Å²) < 4.78 is 5.83. The molecule has 1 amide bonds. The number of rotatable bonds is 1. The van der Waals surface area contributed by atoms with Gasteiger partial charge in [-0.25, -0.2) is 0 Å². The zero-order chi connectivity index (χ0) is 14.9. The quantitative estimate of drug-likeness (QED) is 0.338. The van der Waals surface area contributed by atoms with Crippen LogP contribution in [-0.4, -0.2) is 12.0 Å². The Hall–Kier alpha value is -2.44. The van der Waals surface area contributed by atoms with E-state index in [4.69, 9.17) is 16.7 Å². The standard InChI is InChI=1S/C15H15N3O2/c1-5-10-6-11(14(19)17-18-16)7-12-13(10)20-9(2)8-15(12,3)4/h1,6-7,9H,8H2,2-4H3. The Kier molecular flexibility index (Phi) is 3.44. The van der Waals surface area contributed by atoms with Gasteiger partial charge in [-0.2, -0.15) is 0 Å². The summed E-state index contributed by atoms with van der Waals surface area (Å²) in [4.78, 5) is 14.3. The molecule has 0 aromatic heterocycles. The van der Waals surface area contributed by atoms with Gasteiger partial charge < -0.3 is 4.74 Å². The van der Waals surface area contributed by atoms with Gasteiger partial charge >= 0.3 is 0 Å². The van der Waals surface area contributed by atoms with Gasteiger partial charge in [0, 0.05) is 16.0 Å². The molecule has 1 atom stereocenters. The van der Waals surface area contributed by atoms with Crippen LogP contribution < -0.4 is 4.74 Å². The molecule has 0 aliphatic carbocycles. The van der Waals surface area contributed by atoms with Crippen LogP contribution in [0.4, 0.5) is 0 Å². The molecule has 1 aromatic rings. The van der Waals surface area contributed by atoms with E-state index in [1.165, 1.54) is 6.07 Å². The molecule has 0 spiro atoms. The third-order valence-electron chi connectivity index (χ3n) is 3.47. The maximum atomic E-state index is 11.7. The van der Waals surface area contributed by atoms with Crippen LogP contribution in [0.25, 0.3) is 10.4 Å². The van der Waals surface area contributed by atoms with E-state index in [1.807, 2.05) is 6.92 Å². The van der Waals surface area contributed by atoms with Gasteiger partial charge in [0.25, 0.3) is 0 Å². The Bertz CT molecular complexity index is 664. The van der Waals surface area contributed by atoms with Gasteiger partial charge in [0.2, 0.25) is 5.91 Å². The van der Waals surface area contributed by atoms with Gasteiger partial charge in [-0.3, -0.25) is 4.79 Å². The predicted octanol–water partition coefficient (Wildman–Crippen LogP) is 3.57. The summed E-state index contributed by atoms with van der Waals surface area (Å²) >= 11 is 0. The van der Waals surface area contributed by atoms with E-state index >= 15 is 0 Å². The van der Waals surface area contributed by atoms with E-state index in [0.717, 1.165) is 12.0 Å². The molecule has 0 saturated carbocycles. The molecule has 0 N–H and O–H groups in total. The lowest BCUT2D eigenvalue weighted by Gasteiger charge is -2.37. The SMILES string of the molecule is C#Cc1cc(C(=O)N=[N+]=[N-])cc2c1OC(C)CC2(C)C. The topological polar surface area (TPSA) is 75.1 Å². The fourth-order valence-corrected chi connectivity index (χ4v) is 2.66. The van der Waals surface area contributed by atoms with Crippen molar-refractivity contribution in [2.75, 3.05) is 0 Å². The number of fused-ring (bicyclic) bond motifs is 1. The van der Waals surface area contributed by atoms with E-state index in [2.05, 4.69) is 29.8 Å². The Labute approximate surface area is 117 Å². The average Bonchev–Trinajstić information content (AvgIpc) is 2.37. The third kappa shape index (κ3) is 2.34. The van der Waals surface area contributed by atoms with Crippen LogP contribution in [0.5, 0.6) is 5.75 Å². The molecule has 0 radical (unpaired) electrons. The molecule has 1 unspecified atom stereocenters. The Balaban J connectivity index is 2.68. The van der Waals surface area contributed by atoms with Crippen LogP contribution in [0.15, 0.2) is 17.2 Å². The molecule has 1 aromatic carbocycles. The zero-order valence-corrected chi connectivity index (χ0v) is 11.7. The number of carbonyl (C=O) groups excluding carboxylic acids is 1. The van der Waals surface area contributed by atoms with Crippen molar-refractivity contribution in [1.29, 1.82) is 0 Å². The van der Waals surface area contributed by atoms with Crippen molar-refractivity contribution < 1.29 is 9.53 Å². The van der Waals surface area contributed by atoms with Gasteiger partial charge in [0.15, 0.2) is 0 Å². The lowest BCUT2D eigenvalue weighted by atomic mass is 9.76. The summed E-state index contributed by atoms with van der Waals surface area (Å²) in [6.45, 7) is 6.14. The number of carbonyl (C=O) groups is 1. The molecule has 0 bridgehead atoms. The minimum absolute atomic E-state index is 0.0586. The van der Waals surface area contributed by atoms with Crippen molar-refractivity contribution in [2.45, 2.75) is 38.7 Å².